The summed E-state index contributed by atoms with van der Waals surface area (Å²) in [6.45, 7) is 8.57. The van der Waals surface area contributed by atoms with Gasteiger partial charge in [0.2, 0.25) is 0 Å². The molecule has 0 bridgehead atoms. The van der Waals surface area contributed by atoms with Gasteiger partial charge in [0.05, 0.1) is 25.2 Å². The zero-order valence-electron chi connectivity index (χ0n) is 10.0. The third kappa shape index (κ3) is 3.80. The van der Waals surface area contributed by atoms with E-state index in [4.69, 9.17) is 9.47 Å². The quantitative estimate of drug-likeness (QED) is 0.656. The molecule has 0 N–H and O–H groups in total. The smallest absolute Gasteiger partial charge is 0.309 e. The number of rotatable bonds is 3. The van der Waals surface area contributed by atoms with Crippen molar-refractivity contribution < 1.29 is 14.3 Å². The van der Waals surface area contributed by atoms with Gasteiger partial charge in [-0.15, -0.1) is 0 Å². The van der Waals surface area contributed by atoms with E-state index >= 15 is 0 Å². The van der Waals surface area contributed by atoms with Gasteiger partial charge in [0.25, 0.3) is 0 Å². The summed E-state index contributed by atoms with van der Waals surface area (Å²) in [7, 11) is 1.43. The van der Waals surface area contributed by atoms with Gasteiger partial charge in [-0.3, -0.25) is 9.69 Å². The van der Waals surface area contributed by atoms with E-state index in [1.54, 1.807) is 0 Å². The Morgan fingerprint density at radius 2 is 2.00 bits per heavy atom. The van der Waals surface area contributed by atoms with Crippen LogP contribution in [0.15, 0.2) is 0 Å². The SMILES string of the molecule is COC(=O)[C@H](C)CN1C[C@@H](C)O[C@@H](C)C1. The van der Waals surface area contributed by atoms with E-state index in [2.05, 4.69) is 18.7 Å². The molecule has 4 heteroatoms. The van der Waals surface area contributed by atoms with E-state index in [1.165, 1.54) is 7.11 Å². The minimum Gasteiger partial charge on any atom is -0.469 e. The first-order valence-corrected chi connectivity index (χ1v) is 5.48. The van der Waals surface area contributed by atoms with Crippen LogP contribution in [0.2, 0.25) is 0 Å². The maximum absolute atomic E-state index is 11.3. The van der Waals surface area contributed by atoms with Crippen molar-refractivity contribution in [3.8, 4) is 0 Å². The van der Waals surface area contributed by atoms with Crippen LogP contribution in [0.5, 0.6) is 0 Å². The molecule has 0 unspecified atom stereocenters. The van der Waals surface area contributed by atoms with Gasteiger partial charge in [-0.25, -0.2) is 0 Å². The zero-order valence-corrected chi connectivity index (χ0v) is 10.0. The van der Waals surface area contributed by atoms with Gasteiger partial charge < -0.3 is 9.47 Å². The van der Waals surface area contributed by atoms with Crippen LogP contribution in [0.25, 0.3) is 0 Å². The third-order valence-electron chi connectivity index (χ3n) is 2.63. The Labute approximate surface area is 91.5 Å². The van der Waals surface area contributed by atoms with Crippen LogP contribution < -0.4 is 0 Å². The van der Waals surface area contributed by atoms with E-state index in [9.17, 15) is 4.79 Å². The highest BCUT2D eigenvalue weighted by Gasteiger charge is 2.25. The summed E-state index contributed by atoms with van der Waals surface area (Å²) in [5.41, 5.74) is 0. The first kappa shape index (κ1) is 12.5. The molecule has 1 aliphatic heterocycles. The van der Waals surface area contributed by atoms with Gasteiger partial charge in [-0.05, 0) is 13.8 Å². The van der Waals surface area contributed by atoms with Crippen LogP contribution in [0.1, 0.15) is 20.8 Å². The Kier molecular flexibility index (Phi) is 4.54. The molecule has 0 aromatic rings. The molecular weight excluding hydrogens is 194 g/mol. The van der Waals surface area contributed by atoms with Gasteiger partial charge >= 0.3 is 5.97 Å². The fraction of sp³-hybridized carbons (Fsp3) is 0.909. The fourth-order valence-corrected chi connectivity index (χ4v) is 2.10. The van der Waals surface area contributed by atoms with Crippen LogP contribution in [0.4, 0.5) is 0 Å². The summed E-state index contributed by atoms with van der Waals surface area (Å²) in [5, 5.41) is 0. The zero-order chi connectivity index (χ0) is 11.4. The minimum atomic E-state index is -0.137. The normalized spacial score (nSPS) is 29.9. The lowest BCUT2D eigenvalue weighted by molar-refractivity contribution is -0.146. The molecule has 1 fully saturated rings. The molecule has 15 heavy (non-hydrogen) atoms. The third-order valence-corrected chi connectivity index (χ3v) is 2.63. The van der Waals surface area contributed by atoms with Crippen molar-refractivity contribution in [2.24, 2.45) is 5.92 Å². The van der Waals surface area contributed by atoms with Crippen LogP contribution in [0, 0.1) is 5.92 Å². The fourth-order valence-electron chi connectivity index (χ4n) is 2.10. The molecule has 1 saturated heterocycles. The van der Waals surface area contributed by atoms with Crippen molar-refractivity contribution in [2.45, 2.75) is 33.0 Å². The van der Waals surface area contributed by atoms with Crippen molar-refractivity contribution in [1.29, 1.82) is 0 Å². The number of hydrogen-bond acceptors (Lipinski definition) is 4. The molecule has 3 atom stereocenters. The Morgan fingerprint density at radius 1 is 1.47 bits per heavy atom. The van der Waals surface area contributed by atoms with Crippen LogP contribution in [-0.4, -0.2) is 49.8 Å². The average Bonchev–Trinajstić information content (AvgIpc) is 2.14. The highest BCUT2D eigenvalue weighted by atomic mass is 16.5. The van der Waals surface area contributed by atoms with Crippen LogP contribution >= 0.6 is 0 Å². The highest BCUT2D eigenvalue weighted by molar-refractivity contribution is 5.72. The molecule has 4 nitrogen and oxygen atoms in total. The Hall–Kier alpha value is -0.610. The van der Waals surface area contributed by atoms with E-state index in [1.807, 2.05) is 6.92 Å². The minimum absolute atomic E-state index is 0.0625. The number of carbonyl (C=O) groups excluding carboxylic acids is 1. The number of carbonyl (C=O) groups is 1. The number of esters is 1. The summed E-state index contributed by atoms with van der Waals surface area (Å²) < 4.78 is 10.3. The van der Waals surface area contributed by atoms with Crippen molar-refractivity contribution in [3.05, 3.63) is 0 Å². The number of methoxy groups -OCH3 is 1. The number of nitrogens with zero attached hydrogens (tertiary/aromatic N) is 1. The Bertz CT molecular complexity index is 210. The Morgan fingerprint density at radius 3 is 2.47 bits per heavy atom. The lowest BCUT2D eigenvalue weighted by Gasteiger charge is -2.36. The summed E-state index contributed by atoms with van der Waals surface area (Å²) >= 11 is 0. The second kappa shape index (κ2) is 5.47. The molecule has 0 radical (unpaired) electrons. The summed E-state index contributed by atoms with van der Waals surface area (Å²) in [5.74, 6) is -0.200. The van der Waals surface area contributed by atoms with Gasteiger partial charge in [0.15, 0.2) is 0 Å². The predicted octanol–water partition coefficient (Wildman–Crippen LogP) is 0.905. The van der Waals surface area contributed by atoms with E-state index < -0.39 is 0 Å². The Balaban J connectivity index is 2.40. The van der Waals surface area contributed by atoms with E-state index in [0.29, 0.717) is 0 Å². The van der Waals surface area contributed by atoms with Crippen LogP contribution in [-0.2, 0) is 14.3 Å². The second-order valence-electron chi connectivity index (χ2n) is 4.40. The van der Waals surface area contributed by atoms with Crippen LogP contribution in [0.3, 0.4) is 0 Å². The monoisotopic (exact) mass is 215 g/mol. The molecule has 1 heterocycles. The van der Waals surface area contributed by atoms with Crippen molar-refractivity contribution in [1.82, 2.24) is 4.90 Å². The average molecular weight is 215 g/mol. The topological polar surface area (TPSA) is 38.8 Å². The lowest BCUT2D eigenvalue weighted by Crippen LogP contribution is -2.47. The first-order valence-electron chi connectivity index (χ1n) is 5.48. The predicted molar refractivity (Wildman–Crippen MR) is 57.6 cm³/mol. The number of hydrogen-bond donors (Lipinski definition) is 0. The standard InChI is InChI=1S/C11H21NO3/c1-8(11(13)14-4)5-12-6-9(2)15-10(3)7-12/h8-10H,5-7H2,1-4H3/t8-,9-,10+/m1/s1. The van der Waals surface area contributed by atoms with Crippen molar-refractivity contribution in [3.63, 3.8) is 0 Å². The highest BCUT2D eigenvalue weighted by Crippen LogP contribution is 2.12. The molecule has 0 amide bonds. The molecule has 1 rings (SSSR count). The molecule has 0 aliphatic carbocycles. The van der Waals surface area contributed by atoms with Gasteiger partial charge in [0.1, 0.15) is 0 Å². The summed E-state index contributed by atoms with van der Waals surface area (Å²) in [6, 6.07) is 0. The maximum Gasteiger partial charge on any atom is 0.309 e. The molecule has 0 aromatic carbocycles. The van der Waals surface area contributed by atoms with E-state index in [0.717, 1.165) is 19.6 Å². The summed E-state index contributed by atoms with van der Waals surface area (Å²) in [6.07, 6.45) is 0.497. The molecule has 0 saturated carbocycles. The van der Waals surface area contributed by atoms with E-state index in [-0.39, 0.29) is 24.1 Å². The van der Waals surface area contributed by atoms with Gasteiger partial charge in [-0.1, -0.05) is 6.92 Å². The largest absolute Gasteiger partial charge is 0.469 e. The molecule has 0 aromatic heterocycles. The maximum atomic E-state index is 11.3. The van der Waals surface area contributed by atoms with Gasteiger partial charge in [0, 0.05) is 19.6 Å². The number of morpholine rings is 1. The van der Waals surface area contributed by atoms with Crippen molar-refractivity contribution >= 4 is 5.97 Å². The molecule has 0 spiro atoms. The van der Waals surface area contributed by atoms with Crippen molar-refractivity contribution in [2.75, 3.05) is 26.7 Å². The first-order chi connectivity index (χ1) is 7.02. The number of ether oxygens (including phenoxy) is 2. The van der Waals surface area contributed by atoms with Gasteiger partial charge in [-0.2, -0.15) is 0 Å². The second-order valence-corrected chi connectivity index (χ2v) is 4.40. The molecule has 1 aliphatic rings. The summed E-state index contributed by atoms with van der Waals surface area (Å²) in [4.78, 5) is 13.5. The lowest BCUT2D eigenvalue weighted by atomic mass is 10.1. The molecule has 88 valence electrons. The molecular formula is C11H21NO3.